The first-order chi connectivity index (χ1) is 12.0. The summed E-state index contributed by atoms with van der Waals surface area (Å²) in [6.45, 7) is 7.65. The number of aliphatic hydroxyl groups excluding tert-OH is 1. The fourth-order valence-electron chi connectivity index (χ4n) is 8.46. The first kappa shape index (κ1) is 18.3. The van der Waals surface area contributed by atoms with E-state index < -0.39 is 0 Å². The molecule has 144 valence electrons. The fourth-order valence-corrected chi connectivity index (χ4v) is 8.46. The number of unbranched alkanes of at least 4 members (excludes halogenated alkanes) is 2. The lowest BCUT2D eigenvalue weighted by Gasteiger charge is -2.61. The van der Waals surface area contributed by atoms with E-state index in [1.807, 2.05) is 0 Å². The average Bonchev–Trinajstić information content (AvgIpc) is 2.92. The molecule has 0 heterocycles. The Balaban J connectivity index is 1.50. The largest absolute Gasteiger partial charge is 0.393 e. The zero-order valence-corrected chi connectivity index (χ0v) is 17.1. The third-order valence-electron chi connectivity index (χ3n) is 9.99. The molecule has 0 aromatic heterocycles. The zero-order valence-electron chi connectivity index (χ0n) is 17.1. The van der Waals surface area contributed by atoms with Gasteiger partial charge < -0.3 is 5.11 Å². The summed E-state index contributed by atoms with van der Waals surface area (Å²) >= 11 is 0. The second-order valence-electron chi connectivity index (χ2n) is 10.9. The van der Waals surface area contributed by atoms with Crippen LogP contribution in [0.4, 0.5) is 0 Å². The molecule has 8 atom stereocenters. The van der Waals surface area contributed by atoms with Crippen molar-refractivity contribution in [1.29, 1.82) is 0 Å². The maximum Gasteiger partial charge on any atom is 0.0543 e. The minimum absolute atomic E-state index is 0.00194. The van der Waals surface area contributed by atoms with E-state index in [1.54, 1.807) is 0 Å². The molecule has 25 heavy (non-hydrogen) atoms. The van der Waals surface area contributed by atoms with Gasteiger partial charge in [-0.15, -0.1) is 0 Å². The van der Waals surface area contributed by atoms with Gasteiger partial charge in [0.2, 0.25) is 0 Å². The highest BCUT2D eigenvalue weighted by Crippen LogP contribution is 2.67. The van der Waals surface area contributed by atoms with Crippen molar-refractivity contribution in [3.63, 3.8) is 0 Å². The van der Waals surface area contributed by atoms with Gasteiger partial charge in [0, 0.05) is 0 Å². The van der Waals surface area contributed by atoms with Gasteiger partial charge in [0.1, 0.15) is 0 Å². The molecule has 0 spiro atoms. The molecule has 0 aliphatic heterocycles. The summed E-state index contributed by atoms with van der Waals surface area (Å²) in [7, 11) is 0. The van der Waals surface area contributed by atoms with E-state index in [4.69, 9.17) is 0 Å². The second kappa shape index (κ2) is 6.84. The van der Waals surface area contributed by atoms with Crippen LogP contribution in [0.5, 0.6) is 0 Å². The number of aliphatic hydroxyl groups is 1. The molecule has 1 nitrogen and oxygen atoms in total. The zero-order chi connectivity index (χ0) is 17.7. The fraction of sp³-hybridized carbons (Fsp3) is 1.00. The van der Waals surface area contributed by atoms with Crippen LogP contribution in [0.3, 0.4) is 0 Å². The van der Waals surface area contributed by atoms with Gasteiger partial charge in [-0.25, -0.2) is 0 Å². The standard InChI is InChI=1S/C24H42O/c1-4-5-6-7-17-9-11-21-20-10-8-18-16-19(25)12-14-24(18,3)22(20)13-15-23(17,21)2/h17-22,25H,4-16H2,1-3H3/t17?,18?,19-,20?,21?,22?,23?,24?/m1/s1. The van der Waals surface area contributed by atoms with E-state index in [0.29, 0.717) is 10.8 Å². The average molecular weight is 347 g/mol. The molecule has 4 aliphatic carbocycles. The van der Waals surface area contributed by atoms with Crippen LogP contribution in [0.15, 0.2) is 0 Å². The molecule has 1 N–H and O–H groups in total. The number of fused-ring (bicyclic) bond motifs is 5. The molecule has 7 unspecified atom stereocenters. The Bertz CT molecular complexity index is 473. The van der Waals surface area contributed by atoms with Crippen LogP contribution < -0.4 is 0 Å². The molecule has 0 aromatic carbocycles. The van der Waals surface area contributed by atoms with Gasteiger partial charge in [0.05, 0.1) is 6.10 Å². The molecule has 1 heteroatoms. The summed E-state index contributed by atoms with van der Waals surface area (Å²) in [5.41, 5.74) is 1.20. The molecule has 0 amide bonds. The van der Waals surface area contributed by atoms with Crippen LogP contribution in [-0.2, 0) is 0 Å². The van der Waals surface area contributed by atoms with Crippen molar-refractivity contribution in [2.75, 3.05) is 0 Å². The van der Waals surface area contributed by atoms with E-state index in [9.17, 15) is 5.11 Å². The molecular weight excluding hydrogens is 304 g/mol. The van der Waals surface area contributed by atoms with Crippen molar-refractivity contribution in [1.82, 2.24) is 0 Å². The SMILES string of the molecule is CCCCCC1CCC2C3CCC4C[C@H](O)CCC4(C)C3CCC12C. The Morgan fingerprint density at radius 3 is 2.40 bits per heavy atom. The molecule has 4 rings (SSSR count). The van der Waals surface area contributed by atoms with E-state index in [2.05, 4.69) is 20.8 Å². The summed E-state index contributed by atoms with van der Waals surface area (Å²) in [4.78, 5) is 0. The van der Waals surface area contributed by atoms with Crippen LogP contribution in [0, 0.1) is 40.4 Å². The van der Waals surface area contributed by atoms with Gasteiger partial charge in [-0.05, 0) is 105 Å². The van der Waals surface area contributed by atoms with Gasteiger partial charge in [-0.3, -0.25) is 0 Å². The van der Waals surface area contributed by atoms with Gasteiger partial charge in [-0.2, -0.15) is 0 Å². The van der Waals surface area contributed by atoms with E-state index >= 15 is 0 Å². The number of rotatable bonds is 4. The Hall–Kier alpha value is -0.0400. The Kier molecular flexibility index (Phi) is 5.02. The van der Waals surface area contributed by atoms with E-state index in [0.717, 1.165) is 42.4 Å². The molecule has 4 aliphatic rings. The lowest BCUT2D eigenvalue weighted by molar-refractivity contribution is -0.127. The lowest BCUT2D eigenvalue weighted by Crippen LogP contribution is -2.53. The predicted molar refractivity (Wildman–Crippen MR) is 105 cm³/mol. The summed E-state index contributed by atoms with van der Waals surface area (Å²) in [6.07, 6.45) is 18.1. The van der Waals surface area contributed by atoms with Gasteiger partial charge in [-0.1, -0.05) is 40.0 Å². The highest BCUT2D eigenvalue weighted by Gasteiger charge is 2.59. The van der Waals surface area contributed by atoms with Crippen molar-refractivity contribution < 1.29 is 5.11 Å². The third kappa shape index (κ3) is 2.91. The Morgan fingerprint density at radius 1 is 0.840 bits per heavy atom. The maximum atomic E-state index is 10.2. The third-order valence-corrected chi connectivity index (χ3v) is 9.99. The van der Waals surface area contributed by atoms with Gasteiger partial charge >= 0.3 is 0 Å². The summed E-state index contributed by atoms with van der Waals surface area (Å²) < 4.78 is 0. The van der Waals surface area contributed by atoms with Crippen LogP contribution in [0.1, 0.15) is 104 Å². The molecule has 4 fully saturated rings. The van der Waals surface area contributed by atoms with E-state index in [-0.39, 0.29) is 6.10 Å². The summed E-state index contributed by atoms with van der Waals surface area (Å²) in [5, 5.41) is 10.2. The topological polar surface area (TPSA) is 20.2 Å². The van der Waals surface area contributed by atoms with Crippen molar-refractivity contribution in [3.8, 4) is 0 Å². The molecule has 0 saturated heterocycles. The van der Waals surface area contributed by atoms with Gasteiger partial charge in [0.15, 0.2) is 0 Å². The van der Waals surface area contributed by atoms with Crippen molar-refractivity contribution in [2.24, 2.45) is 40.4 Å². The minimum atomic E-state index is -0.00194. The van der Waals surface area contributed by atoms with Crippen LogP contribution in [0.25, 0.3) is 0 Å². The second-order valence-corrected chi connectivity index (χ2v) is 10.9. The first-order valence-electron chi connectivity index (χ1n) is 11.7. The predicted octanol–water partition coefficient (Wildman–Crippen LogP) is 6.59. The van der Waals surface area contributed by atoms with Gasteiger partial charge in [0.25, 0.3) is 0 Å². The number of hydrogen-bond acceptors (Lipinski definition) is 1. The Labute approximate surface area is 156 Å². The lowest BCUT2D eigenvalue weighted by atomic mass is 9.44. The summed E-state index contributed by atoms with van der Waals surface area (Å²) in [5.74, 6) is 4.81. The highest BCUT2D eigenvalue weighted by atomic mass is 16.3. The molecule has 4 saturated carbocycles. The van der Waals surface area contributed by atoms with Crippen molar-refractivity contribution >= 4 is 0 Å². The maximum absolute atomic E-state index is 10.2. The highest BCUT2D eigenvalue weighted by molar-refractivity contribution is 5.09. The van der Waals surface area contributed by atoms with Crippen LogP contribution in [-0.4, -0.2) is 11.2 Å². The molecule has 0 radical (unpaired) electrons. The monoisotopic (exact) mass is 346 g/mol. The molecule has 0 bridgehead atoms. The first-order valence-corrected chi connectivity index (χ1v) is 11.7. The normalized spacial score (nSPS) is 52.3. The van der Waals surface area contributed by atoms with Crippen LogP contribution >= 0.6 is 0 Å². The van der Waals surface area contributed by atoms with E-state index in [1.165, 1.54) is 70.6 Å². The number of hydrogen-bond donors (Lipinski definition) is 1. The molecule has 0 aromatic rings. The smallest absolute Gasteiger partial charge is 0.0543 e. The van der Waals surface area contributed by atoms with Crippen LogP contribution in [0.2, 0.25) is 0 Å². The van der Waals surface area contributed by atoms with Crippen molar-refractivity contribution in [2.45, 2.75) is 110 Å². The Morgan fingerprint density at radius 2 is 1.60 bits per heavy atom. The molecular formula is C24H42O. The van der Waals surface area contributed by atoms with Crippen molar-refractivity contribution in [3.05, 3.63) is 0 Å². The summed E-state index contributed by atoms with van der Waals surface area (Å²) in [6, 6.07) is 0. The quantitative estimate of drug-likeness (QED) is 0.569. The minimum Gasteiger partial charge on any atom is -0.393 e.